The third-order valence-electron chi connectivity index (χ3n) is 4.98. The molecule has 0 N–H and O–H groups in total. The molecule has 1 atom stereocenters. The summed E-state index contributed by atoms with van der Waals surface area (Å²) in [5.74, 6) is 0.878. The third-order valence-corrected chi connectivity index (χ3v) is 6.22. The predicted molar refractivity (Wildman–Crippen MR) is 103 cm³/mol. The number of piperazine rings is 1. The normalized spacial score (nSPS) is 18.9. The highest BCUT2D eigenvalue weighted by Gasteiger charge is 2.33. The molecule has 1 aromatic carbocycles. The van der Waals surface area contributed by atoms with Crippen LogP contribution < -0.4 is 13.8 Å². The quantitative estimate of drug-likeness (QED) is 0.731. The number of carbonyl (C=O) groups is 1. The van der Waals surface area contributed by atoms with Gasteiger partial charge in [-0.05, 0) is 25.6 Å². The number of fused-ring (bicyclic) bond motifs is 1. The molecule has 0 aromatic heterocycles. The fraction of sp³-hybridized carbons (Fsp3) is 0.611. The molecule has 1 aromatic rings. The summed E-state index contributed by atoms with van der Waals surface area (Å²) in [6, 6.07) is 4.11. The van der Waals surface area contributed by atoms with E-state index in [-0.39, 0.29) is 5.91 Å². The van der Waals surface area contributed by atoms with E-state index in [0.29, 0.717) is 43.5 Å². The highest BCUT2D eigenvalue weighted by Crippen LogP contribution is 2.35. The lowest BCUT2D eigenvalue weighted by Gasteiger charge is -2.37. The lowest BCUT2D eigenvalue weighted by Crippen LogP contribution is -2.55. The second-order valence-electron chi connectivity index (χ2n) is 6.82. The van der Waals surface area contributed by atoms with Crippen LogP contribution in [-0.2, 0) is 14.8 Å². The number of hydrogen-bond acceptors (Lipinski definition) is 6. The summed E-state index contributed by atoms with van der Waals surface area (Å²) in [6.07, 6.45) is 1.11. The van der Waals surface area contributed by atoms with Gasteiger partial charge in [0.05, 0.1) is 11.9 Å². The van der Waals surface area contributed by atoms with E-state index < -0.39 is 16.1 Å². The smallest absolute Gasteiger partial charge is 0.246 e. The standard InChI is InChI=1S/C18H27N3O5S/c1-4-19-7-9-20(10-8-19)18(22)14(2)21(27(3,23)24)15-5-6-16-17(13-15)26-12-11-25-16/h5-6,13-14H,4,7-12H2,1-3H3/t14-/m0/s1. The fourth-order valence-corrected chi connectivity index (χ4v) is 4.68. The number of anilines is 1. The molecule has 150 valence electrons. The van der Waals surface area contributed by atoms with Gasteiger partial charge in [0.15, 0.2) is 11.5 Å². The zero-order valence-electron chi connectivity index (χ0n) is 16.1. The third kappa shape index (κ3) is 4.30. The van der Waals surface area contributed by atoms with Crippen molar-refractivity contribution in [1.82, 2.24) is 9.80 Å². The number of nitrogens with zero attached hydrogens (tertiary/aromatic N) is 3. The summed E-state index contributed by atoms with van der Waals surface area (Å²) in [4.78, 5) is 17.0. The zero-order valence-corrected chi connectivity index (χ0v) is 16.9. The summed E-state index contributed by atoms with van der Waals surface area (Å²) < 4.78 is 37.2. The van der Waals surface area contributed by atoms with Crippen molar-refractivity contribution < 1.29 is 22.7 Å². The highest BCUT2D eigenvalue weighted by atomic mass is 32.2. The van der Waals surface area contributed by atoms with Crippen LogP contribution in [0.1, 0.15) is 13.8 Å². The molecule has 0 spiro atoms. The average Bonchev–Trinajstić information content (AvgIpc) is 2.66. The van der Waals surface area contributed by atoms with E-state index in [0.717, 1.165) is 25.9 Å². The van der Waals surface area contributed by atoms with Crippen molar-refractivity contribution in [2.45, 2.75) is 19.9 Å². The van der Waals surface area contributed by atoms with Gasteiger partial charge in [0, 0.05) is 32.2 Å². The molecule has 3 rings (SSSR count). The first-order valence-corrected chi connectivity index (χ1v) is 11.1. The van der Waals surface area contributed by atoms with Gasteiger partial charge < -0.3 is 19.3 Å². The molecule has 2 aliphatic rings. The van der Waals surface area contributed by atoms with E-state index >= 15 is 0 Å². The lowest BCUT2D eigenvalue weighted by atomic mass is 10.2. The van der Waals surface area contributed by atoms with Crippen molar-refractivity contribution in [2.75, 3.05) is 56.5 Å². The fourth-order valence-electron chi connectivity index (χ4n) is 3.52. The Morgan fingerprint density at radius 1 is 1.15 bits per heavy atom. The van der Waals surface area contributed by atoms with E-state index in [1.807, 2.05) is 0 Å². The summed E-state index contributed by atoms with van der Waals surface area (Å²) in [7, 11) is -3.66. The number of carbonyl (C=O) groups excluding carboxylic acids is 1. The van der Waals surface area contributed by atoms with E-state index in [1.54, 1.807) is 30.0 Å². The van der Waals surface area contributed by atoms with Gasteiger partial charge in [-0.3, -0.25) is 9.10 Å². The maximum Gasteiger partial charge on any atom is 0.246 e. The van der Waals surface area contributed by atoms with Gasteiger partial charge in [-0.15, -0.1) is 0 Å². The van der Waals surface area contributed by atoms with Crippen molar-refractivity contribution in [2.24, 2.45) is 0 Å². The molecule has 2 heterocycles. The first-order valence-electron chi connectivity index (χ1n) is 9.21. The van der Waals surface area contributed by atoms with E-state index in [9.17, 15) is 13.2 Å². The van der Waals surface area contributed by atoms with Crippen LogP contribution in [0.2, 0.25) is 0 Å². The Hall–Kier alpha value is -2.00. The van der Waals surface area contributed by atoms with Crippen LogP contribution in [0.15, 0.2) is 18.2 Å². The van der Waals surface area contributed by atoms with Crippen LogP contribution in [0, 0.1) is 0 Å². The number of ether oxygens (including phenoxy) is 2. The first kappa shape index (κ1) is 19.8. The van der Waals surface area contributed by atoms with Crippen molar-refractivity contribution >= 4 is 21.6 Å². The summed E-state index contributed by atoms with van der Waals surface area (Å²) in [5, 5.41) is 0. The molecule has 0 bridgehead atoms. The summed E-state index contributed by atoms with van der Waals surface area (Å²) >= 11 is 0. The molecule has 2 aliphatic heterocycles. The van der Waals surface area contributed by atoms with Gasteiger partial charge in [-0.2, -0.15) is 0 Å². The van der Waals surface area contributed by atoms with Crippen LogP contribution in [0.3, 0.4) is 0 Å². The molecular formula is C18H27N3O5S. The van der Waals surface area contributed by atoms with Gasteiger partial charge >= 0.3 is 0 Å². The molecule has 8 nitrogen and oxygen atoms in total. The van der Waals surface area contributed by atoms with Gasteiger partial charge in [-0.1, -0.05) is 6.92 Å². The Labute approximate surface area is 160 Å². The maximum atomic E-state index is 13.0. The molecule has 0 saturated carbocycles. The van der Waals surface area contributed by atoms with Crippen molar-refractivity contribution in [3.63, 3.8) is 0 Å². The Morgan fingerprint density at radius 3 is 2.37 bits per heavy atom. The number of likely N-dealkylation sites (N-methyl/N-ethyl adjacent to an activating group) is 1. The Kier molecular flexibility index (Phi) is 5.81. The van der Waals surface area contributed by atoms with E-state index in [1.165, 1.54) is 4.31 Å². The van der Waals surface area contributed by atoms with Crippen LogP contribution >= 0.6 is 0 Å². The minimum absolute atomic E-state index is 0.189. The van der Waals surface area contributed by atoms with Gasteiger partial charge in [0.25, 0.3) is 0 Å². The molecule has 0 radical (unpaired) electrons. The molecule has 1 fully saturated rings. The minimum atomic E-state index is -3.66. The molecule has 0 aliphatic carbocycles. The molecule has 1 saturated heterocycles. The number of hydrogen-bond donors (Lipinski definition) is 0. The van der Waals surface area contributed by atoms with Crippen LogP contribution in [0.25, 0.3) is 0 Å². The maximum absolute atomic E-state index is 13.0. The van der Waals surface area contributed by atoms with Gasteiger partial charge in [0.1, 0.15) is 19.3 Å². The van der Waals surface area contributed by atoms with Gasteiger partial charge in [-0.25, -0.2) is 8.42 Å². The van der Waals surface area contributed by atoms with Crippen LogP contribution in [0.5, 0.6) is 11.5 Å². The summed E-state index contributed by atoms with van der Waals surface area (Å²) in [6.45, 7) is 8.36. The average molecular weight is 397 g/mol. The van der Waals surface area contributed by atoms with E-state index in [2.05, 4.69) is 11.8 Å². The Morgan fingerprint density at radius 2 is 1.78 bits per heavy atom. The minimum Gasteiger partial charge on any atom is -0.486 e. The molecule has 0 unspecified atom stereocenters. The lowest BCUT2D eigenvalue weighted by molar-refractivity contribution is -0.133. The largest absolute Gasteiger partial charge is 0.486 e. The topological polar surface area (TPSA) is 79.4 Å². The molecule has 1 amide bonds. The monoisotopic (exact) mass is 397 g/mol. The Bertz CT molecular complexity index is 790. The van der Waals surface area contributed by atoms with Crippen molar-refractivity contribution in [3.05, 3.63) is 18.2 Å². The number of benzene rings is 1. The highest BCUT2D eigenvalue weighted by molar-refractivity contribution is 7.92. The number of rotatable bonds is 5. The molecular weight excluding hydrogens is 370 g/mol. The van der Waals surface area contributed by atoms with E-state index in [4.69, 9.17) is 9.47 Å². The second-order valence-corrected chi connectivity index (χ2v) is 8.68. The molecule has 9 heteroatoms. The van der Waals surface area contributed by atoms with Crippen molar-refractivity contribution in [3.8, 4) is 11.5 Å². The second kappa shape index (κ2) is 7.93. The van der Waals surface area contributed by atoms with Crippen LogP contribution in [0.4, 0.5) is 5.69 Å². The van der Waals surface area contributed by atoms with Gasteiger partial charge in [0.2, 0.25) is 15.9 Å². The number of sulfonamides is 1. The predicted octanol–water partition coefficient (Wildman–Crippen LogP) is 0.776. The Balaban J connectivity index is 1.84. The molecule has 27 heavy (non-hydrogen) atoms. The van der Waals surface area contributed by atoms with Crippen LogP contribution in [-0.4, -0.2) is 82.4 Å². The van der Waals surface area contributed by atoms with Crippen molar-refractivity contribution in [1.29, 1.82) is 0 Å². The first-order chi connectivity index (χ1) is 12.8. The zero-order chi connectivity index (χ0) is 19.6. The SMILES string of the molecule is CCN1CCN(C(=O)[C@H](C)N(c2ccc3c(c2)OCCO3)S(C)(=O)=O)CC1. The summed E-state index contributed by atoms with van der Waals surface area (Å²) in [5.41, 5.74) is 0.398. The number of amides is 1.